The molecule has 1 atom stereocenters. The number of rotatable bonds is 9. The van der Waals surface area contributed by atoms with E-state index in [1.54, 1.807) is 23.1 Å². The summed E-state index contributed by atoms with van der Waals surface area (Å²) in [6, 6.07) is 10.7. The Balaban J connectivity index is 1.34. The van der Waals surface area contributed by atoms with Gasteiger partial charge in [-0.1, -0.05) is 25.0 Å². The average molecular weight is 458 g/mol. The van der Waals surface area contributed by atoms with Crippen molar-refractivity contribution in [1.82, 2.24) is 10.2 Å². The lowest BCUT2D eigenvalue weighted by atomic mass is 9.91. The van der Waals surface area contributed by atoms with Crippen LogP contribution in [-0.2, 0) is 4.79 Å². The van der Waals surface area contributed by atoms with E-state index in [2.05, 4.69) is 10.6 Å². The van der Waals surface area contributed by atoms with Crippen molar-refractivity contribution >= 4 is 17.5 Å². The number of unbranched alkanes of at least 4 members (excludes halogenated alkanes) is 1. The molecule has 1 saturated heterocycles. The van der Waals surface area contributed by atoms with Crippen molar-refractivity contribution < 1.29 is 24.2 Å². The summed E-state index contributed by atoms with van der Waals surface area (Å²) in [5, 5.41) is 25.5. The standard InChI is InChI=1S/C25H32FN3O4/c1-27-24(32)21-9-8-19(16-22(21)26)28-12-3-2-5-17-10-13-29(14-11-17)25(33)23(31)18-6-4-7-20(30)15-18/h4,6-9,15-17,23,28,30-31H,2-3,5,10-14H2,1H3,(H,27,32). The van der Waals surface area contributed by atoms with Crippen LogP contribution in [0.4, 0.5) is 10.1 Å². The van der Waals surface area contributed by atoms with Crippen molar-refractivity contribution in [3.8, 4) is 5.75 Å². The Morgan fingerprint density at radius 1 is 1.15 bits per heavy atom. The minimum absolute atomic E-state index is 0.0265. The molecule has 0 saturated carbocycles. The van der Waals surface area contributed by atoms with Crippen molar-refractivity contribution in [3.63, 3.8) is 0 Å². The Morgan fingerprint density at radius 2 is 1.91 bits per heavy atom. The Labute approximate surface area is 193 Å². The third kappa shape index (κ3) is 6.68. The van der Waals surface area contributed by atoms with Crippen molar-refractivity contribution in [2.75, 3.05) is 32.0 Å². The number of likely N-dealkylation sites (tertiary alicyclic amines) is 1. The van der Waals surface area contributed by atoms with Gasteiger partial charge < -0.3 is 25.7 Å². The average Bonchev–Trinajstić information content (AvgIpc) is 2.83. The lowest BCUT2D eigenvalue weighted by molar-refractivity contribution is -0.142. The molecule has 2 aromatic carbocycles. The number of carbonyl (C=O) groups is 2. The second-order valence-corrected chi connectivity index (χ2v) is 8.46. The van der Waals surface area contributed by atoms with E-state index in [-0.39, 0.29) is 17.2 Å². The molecule has 1 unspecified atom stereocenters. The molecule has 1 heterocycles. The van der Waals surface area contributed by atoms with E-state index in [1.165, 1.54) is 31.3 Å². The van der Waals surface area contributed by atoms with E-state index in [4.69, 9.17) is 0 Å². The number of amides is 2. The zero-order valence-corrected chi connectivity index (χ0v) is 18.9. The summed E-state index contributed by atoms with van der Waals surface area (Å²) in [4.78, 5) is 25.8. The number of carbonyl (C=O) groups excluding carboxylic acids is 2. The molecule has 0 radical (unpaired) electrons. The van der Waals surface area contributed by atoms with E-state index in [1.807, 2.05) is 0 Å². The number of nitrogens with one attached hydrogen (secondary N) is 2. The summed E-state index contributed by atoms with van der Waals surface area (Å²) in [7, 11) is 1.47. The monoisotopic (exact) mass is 457 g/mol. The number of aliphatic hydroxyl groups excluding tert-OH is 1. The van der Waals surface area contributed by atoms with E-state index < -0.39 is 17.8 Å². The van der Waals surface area contributed by atoms with Crippen LogP contribution >= 0.6 is 0 Å². The van der Waals surface area contributed by atoms with Crippen molar-refractivity contribution in [2.45, 2.75) is 38.2 Å². The number of hydrogen-bond donors (Lipinski definition) is 4. The lowest BCUT2D eigenvalue weighted by Gasteiger charge is -2.33. The number of benzene rings is 2. The van der Waals surface area contributed by atoms with Gasteiger partial charge in [-0.2, -0.15) is 0 Å². The van der Waals surface area contributed by atoms with Crippen LogP contribution in [0.25, 0.3) is 0 Å². The van der Waals surface area contributed by atoms with Gasteiger partial charge >= 0.3 is 0 Å². The fourth-order valence-electron chi connectivity index (χ4n) is 4.19. The van der Waals surface area contributed by atoms with Gasteiger partial charge in [0.1, 0.15) is 11.6 Å². The first-order valence-electron chi connectivity index (χ1n) is 11.4. The van der Waals surface area contributed by atoms with Gasteiger partial charge in [-0.05, 0) is 61.1 Å². The van der Waals surface area contributed by atoms with E-state index in [0.29, 0.717) is 36.8 Å². The molecule has 33 heavy (non-hydrogen) atoms. The molecule has 3 rings (SSSR count). The molecule has 1 aliphatic heterocycles. The van der Waals surface area contributed by atoms with Crippen LogP contribution in [0, 0.1) is 11.7 Å². The van der Waals surface area contributed by atoms with E-state index in [9.17, 15) is 24.2 Å². The molecule has 4 N–H and O–H groups in total. The van der Waals surface area contributed by atoms with Crippen molar-refractivity contribution in [1.29, 1.82) is 0 Å². The summed E-state index contributed by atoms with van der Waals surface area (Å²) in [5.41, 5.74) is 1.08. The number of nitrogens with zero attached hydrogens (tertiary/aromatic N) is 1. The first-order chi connectivity index (χ1) is 15.9. The second kappa shape index (κ2) is 11.7. The number of aliphatic hydroxyl groups is 1. The minimum atomic E-state index is -1.25. The van der Waals surface area contributed by atoms with Crippen LogP contribution in [0.5, 0.6) is 5.75 Å². The highest BCUT2D eigenvalue weighted by Crippen LogP contribution is 2.26. The van der Waals surface area contributed by atoms with Gasteiger partial charge in [0.25, 0.3) is 11.8 Å². The summed E-state index contributed by atoms with van der Waals surface area (Å²) in [6.45, 7) is 1.95. The third-order valence-corrected chi connectivity index (χ3v) is 6.16. The number of phenols is 1. The highest BCUT2D eigenvalue weighted by Gasteiger charge is 2.28. The fraction of sp³-hybridized carbons (Fsp3) is 0.440. The van der Waals surface area contributed by atoms with E-state index in [0.717, 1.165) is 32.1 Å². The van der Waals surface area contributed by atoms with Crippen molar-refractivity contribution in [3.05, 3.63) is 59.4 Å². The summed E-state index contributed by atoms with van der Waals surface area (Å²) >= 11 is 0. The van der Waals surface area contributed by atoms with Crippen LogP contribution < -0.4 is 10.6 Å². The summed E-state index contributed by atoms with van der Waals surface area (Å²) in [6.07, 6.45) is 3.57. The maximum atomic E-state index is 14.0. The normalized spacial score (nSPS) is 15.2. The molecule has 8 heteroatoms. The molecule has 2 aromatic rings. The van der Waals surface area contributed by atoms with Crippen LogP contribution in [0.2, 0.25) is 0 Å². The molecule has 178 valence electrons. The number of halogens is 1. The molecule has 1 aliphatic rings. The zero-order chi connectivity index (χ0) is 23.8. The summed E-state index contributed by atoms with van der Waals surface area (Å²) in [5.74, 6) is -0.747. The minimum Gasteiger partial charge on any atom is -0.508 e. The van der Waals surface area contributed by atoms with Gasteiger partial charge in [0.2, 0.25) is 0 Å². The molecule has 0 bridgehead atoms. The van der Waals surface area contributed by atoms with E-state index >= 15 is 0 Å². The number of aromatic hydroxyl groups is 1. The third-order valence-electron chi connectivity index (χ3n) is 6.16. The molecule has 0 spiro atoms. The van der Waals surface area contributed by atoms with Gasteiger partial charge in [-0.3, -0.25) is 9.59 Å². The maximum Gasteiger partial charge on any atom is 0.256 e. The zero-order valence-electron chi connectivity index (χ0n) is 18.9. The number of phenolic OH excluding ortho intramolecular Hbond substituents is 1. The molecule has 1 fully saturated rings. The Morgan fingerprint density at radius 3 is 2.58 bits per heavy atom. The predicted octanol–water partition coefficient (Wildman–Crippen LogP) is 3.45. The number of hydrogen-bond acceptors (Lipinski definition) is 5. The summed E-state index contributed by atoms with van der Waals surface area (Å²) < 4.78 is 14.0. The molecular weight excluding hydrogens is 425 g/mol. The Hall–Kier alpha value is -3.13. The lowest BCUT2D eigenvalue weighted by Crippen LogP contribution is -2.41. The highest BCUT2D eigenvalue weighted by atomic mass is 19.1. The number of piperidine rings is 1. The first-order valence-corrected chi connectivity index (χ1v) is 11.4. The molecule has 2 amide bonds. The molecule has 0 aromatic heterocycles. The quantitative estimate of drug-likeness (QED) is 0.432. The largest absolute Gasteiger partial charge is 0.508 e. The van der Waals surface area contributed by atoms with Crippen LogP contribution in [0.3, 0.4) is 0 Å². The molecule has 0 aliphatic carbocycles. The van der Waals surface area contributed by atoms with Crippen LogP contribution in [-0.4, -0.2) is 53.6 Å². The fourth-order valence-corrected chi connectivity index (χ4v) is 4.19. The predicted molar refractivity (Wildman–Crippen MR) is 125 cm³/mol. The SMILES string of the molecule is CNC(=O)c1ccc(NCCCCC2CCN(C(=O)C(O)c3cccc(O)c3)CC2)cc1F. The molecule has 7 nitrogen and oxygen atoms in total. The Bertz CT molecular complexity index is 960. The maximum absolute atomic E-state index is 14.0. The molecular formula is C25H32FN3O4. The first kappa shape index (κ1) is 24.5. The van der Waals surface area contributed by atoms with Gasteiger partial charge in [0.05, 0.1) is 5.56 Å². The smallest absolute Gasteiger partial charge is 0.256 e. The second-order valence-electron chi connectivity index (χ2n) is 8.46. The van der Waals surface area contributed by atoms with Crippen molar-refractivity contribution in [2.24, 2.45) is 5.92 Å². The Kier molecular flexibility index (Phi) is 8.65. The van der Waals surface area contributed by atoms with Crippen LogP contribution in [0.15, 0.2) is 42.5 Å². The van der Waals surface area contributed by atoms with Gasteiger partial charge in [0, 0.05) is 32.4 Å². The van der Waals surface area contributed by atoms with Crippen LogP contribution in [0.1, 0.15) is 54.1 Å². The van der Waals surface area contributed by atoms with Gasteiger partial charge in [0.15, 0.2) is 6.10 Å². The van der Waals surface area contributed by atoms with Gasteiger partial charge in [-0.15, -0.1) is 0 Å². The number of anilines is 1. The highest BCUT2D eigenvalue weighted by molar-refractivity contribution is 5.94. The van der Waals surface area contributed by atoms with Gasteiger partial charge in [-0.25, -0.2) is 4.39 Å². The topological polar surface area (TPSA) is 102 Å².